The van der Waals surface area contributed by atoms with Gasteiger partial charge in [0, 0.05) is 16.0 Å². The molecule has 5 nitrogen and oxygen atoms in total. The number of aromatic nitrogens is 3. The molecule has 0 radical (unpaired) electrons. The molecule has 0 spiro atoms. The number of nitrogens with zero attached hydrogens (tertiary/aromatic N) is 3. The maximum atomic E-state index is 13.1. The SMILES string of the molecule is Cc1ccccc1C(=O)n1nc(-c2ccccc2)nc1NCc1cccs1. The van der Waals surface area contributed by atoms with Gasteiger partial charge in [0.1, 0.15) is 0 Å². The quantitative estimate of drug-likeness (QED) is 0.554. The highest BCUT2D eigenvalue weighted by molar-refractivity contribution is 7.09. The molecule has 2 aromatic carbocycles. The second-order valence-electron chi connectivity index (χ2n) is 6.09. The molecule has 2 aromatic heterocycles. The lowest BCUT2D eigenvalue weighted by molar-refractivity contribution is 0.0947. The molecule has 0 fully saturated rings. The molecule has 4 aromatic rings. The third kappa shape index (κ3) is 3.66. The van der Waals surface area contributed by atoms with Crippen LogP contribution in [0.2, 0.25) is 0 Å². The van der Waals surface area contributed by atoms with Gasteiger partial charge in [-0.1, -0.05) is 54.6 Å². The van der Waals surface area contributed by atoms with Crippen LogP contribution in [0, 0.1) is 6.92 Å². The van der Waals surface area contributed by atoms with Crippen molar-refractivity contribution in [3.8, 4) is 11.4 Å². The number of thiophene rings is 1. The zero-order valence-electron chi connectivity index (χ0n) is 14.8. The maximum absolute atomic E-state index is 13.1. The number of nitrogens with one attached hydrogen (secondary N) is 1. The first-order chi connectivity index (χ1) is 13.2. The minimum atomic E-state index is -0.198. The predicted octanol–water partition coefficient (Wildman–Crippen LogP) is 4.62. The highest BCUT2D eigenvalue weighted by Crippen LogP contribution is 2.20. The monoisotopic (exact) mass is 374 g/mol. The lowest BCUT2D eigenvalue weighted by Crippen LogP contribution is -2.18. The number of anilines is 1. The highest BCUT2D eigenvalue weighted by Gasteiger charge is 2.19. The first-order valence-electron chi connectivity index (χ1n) is 8.61. The van der Waals surface area contributed by atoms with Crippen molar-refractivity contribution in [2.24, 2.45) is 0 Å². The smallest absolute Gasteiger partial charge is 0.281 e. The third-order valence-electron chi connectivity index (χ3n) is 4.21. The fourth-order valence-electron chi connectivity index (χ4n) is 2.78. The van der Waals surface area contributed by atoms with Crippen molar-refractivity contribution in [3.05, 3.63) is 88.1 Å². The van der Waals surface area contributed by atoms with E-state index < -0.39 is 0 Å². The number of carbonyl (C=O) groups excluding carboxylic acids is 1. The van der Waals surface area contributed by atoms with E-state index in [1.807, 2.05) is 79.0 Å². The molecule has 0 aliphatic carbocycles. The van der Waals surface area contributed by atoms with Crippen LogP contribution in [0.1, 0.15) is 20.8 Å². The summed E-state index contributed by atoms with van der Waals surface area (Å²) in [5.41, 5.74) is 2.39. The maximum Gasteiger partial charge on any atom is 0.281 e. The zero-order chi connectivity index (χ0) is 18.6. The Labute approximate surface area is 161 Å². The van der Waals surface area contributed by atoms with Gasteiger partial charge in [0.25, 0.3) is 5.91 Å². The predicted molar refractivity (Wildman–Crippen MR) is 108 cm³/mol. The van der Waals surface area contributed by atoms with Gasteiger partial charge in [-0.2, -0.15) is 9.67 Å². The molecular formula is C21H18N4OS. The van der Waals surface area contributed by atoms with Gasteiger partial charge in [-0.25, -0.2) is 0 Å². The van der Waals surface area contributed by atoms with E-state index in [4.69, 9.17) is 0 Å². The van der Waals surface area contributed by atoms with Crippen LogP contribution < -0.4 is 5.32 Å². The van der Waals surface area contributed by atoms with E-state index in [-0.39, 0.29) is 5.91 Å². The second kappa shape index (κ2) is 7.55. The first kappa shape index (κ1) is 17.2. The average Bonchev–Trinajstić information content (AvgIpc) is 3.37. The average molecular weight is 374 g/mol. The molecule has 0 atom stereocenters. The topological polar surface area (TPSA) is 59.8 Å². The molecule has 2 heterocycles. The van der Waals surface area contributed by atoms with Crippen molar-refractivity contribution in [3.63, 3.8) is 0 Å². The summed E-state index contributed by atoms with van der Waals surface area (Å²) in [4.78, 5) is 18.9. The third-order valence-corrected chi connectivity index (χ3v) is 5.08. The van der Waals surface area contributed by atoms with Crippen molar-refractivity contribution < 1.29 is 4.79 Å². The van der Waals surface area contributed by atoms with Gasteiger partial charge >= 0.3 is 0 Å². The van der Waals surface area contributed by atoms with Crippen molar-refractivity contribution in [1.82, 2.24) is 14.8 Å². The molecule has 0 saturated carbocycles. The van der Waals surface area contributed by atoms with E-state index in [2.05, 4.69) is 15.4 Å². The number of hydrogen-bond donors (Lipinski definition) is 1. The molecule has 0 aliphatic heterocycles. The minimum absolute atomic E-state index is 0.198. The van der Waals surface area contributed by atoms with Crippen molar-refractivity contribution >= 4 is 23.2 Å². The van der Waals surface area contributed by atoms with Crippen LogP contribution in [0.3, 0.4) is 0 Å². The van der Waals surface area contributed by atoms with Crippen molar-refractivity contribution in [2.45, 2.75) is 13.5 Å². The van der Waals surface area contributed by atoms with Gasteiger partial charge in [0.15, 0.2) is 5.82 Å². The molecular weight excluding hydrogens is 356 g/mol. The molecule has 0 aliphatic rings. The van der Waals surface area contributed by atoms with Crippen LogP contribution in [-0.2, 0) is 6.54 Å². The Bertz CT molecular complexity index is 1060. The number of aryl methyl sites for hydroxylation is 1. The van der Waals surface area contributed by atoms with E-state index in [9.17, 15) is 4.79 Å². The summed E-state index contributed by atoms with van der Waals surface area (Å²) in [5.74, 6) is 0.762. The summed E-state index contributed by atoms with van der Waals surface area (Å²) in [6, 6.07) is 21.2. The number of hydrogen-bond acceptors (Lipinski definition) is 5. The molecule has 27 heavy (non-hydrogen) atoms. The van der Waals surface area contributed by atoms with Gasteiger partial charge in [0.05, 0.1) is 6.54 Å². The van der Waals surface area contributed by atoms with Crippen LogP contribution in [0.4, 0.5) is 5.95 Å². The molecule has 0 amide bonds. The van der Waals surface area contributed by atoms with Gasteiger partial charge in [-0.3, -0.25) is 4.79 Å². The van der Waals surface area contributed by atoms with E-state index in [0.29, 0.717) is 23.9 Å². The summed E-state index contributed by atoms with van der Waals surface area (Å²) >= 11 is 1.65. The van der Waals surface area contributed by atoms with Crippen LogP contribution in [0.15, 0.2) is 72.1 Å². The summed E-state index contributed by atoms with van der Waals surface area (Å²) in [6.45, 7) is 2.51. The molecule has 0 bridgehead atoms. The Morgan fingerprint density at radius 3 is 2.56 bits per heavy atom. The number of carbonyl (C=O) groups is 1. The molecule has 1 N–H and O–H groups in total. The number of benzene rings is 2. The van der Waals surface area contributed by atoms with E-state index in [1.54, 1.807) is 11.3 Å². The normalized spacial score (nSPS) is 10.7. The summed E-state index contributed by atoms with van der Waals surface area (Å²) in [6.07, 6.45) is 0. The minimum Gasteiger partial charge on any atom is -0.349 e. The van der Waals surface area contributed by atoms with Gasteiger partial charge in [-0.15, -0.1) is 16.4 Å². The Balaban J connectivity index is 1.72. The van der Waals surface area contributed by atoms with Gasteiger partial charge in [0.2, 0.25) is 5.95 Å². The lowest BCUT2D eigenvalue weighted by Gasteiger charge is -2.08. The second-order valence-corrected chi connectivity index (χ2v) is 7.12. The fourth-order valence-corrected chi connectivity index (χ4v) is 3.43. The van der Waals surface area contributed by atoms with Gasteiger partial charge < -0.3 is 5.32 Å². The first-order valence-corrected chi connectivity index (χ1v) is 9.49. The standard InChI is InChI=1S/C21H18N4OS/c1-15-8-5-6-12-18(15)20(26)25-21(22-14-17-11-7-13-27-17)23-19(24-25)16-9-3-2-4-10-16/h2-13H,14H2,1H3,(H,22,23,24). The Morgan fingerprint density at radius 1 is 1.04 bits per heavy atom. The highest BCUT2D eigenvalue weighted by atomic mass is 32.1. The summed E-state index contributed by atoms with van der Waals surface area (Å²) in [7, 11) is 0. The van der Waals surface area contributed by atoms with Crippen LogP contribution >= 0.6 is 11.3 Å². The van der Waals surface area contributed by atoms with Crippen LogP contribution in [0.25, 0.3) is 11.4 Å². The number of rotatable bonds is 5. The lowest BCUT2D eigenvalue weighted by atomic mass is 10.1. The van der Waals surface area contributed by atoms with Crippen LogP contribution in [-0.4, -0.2) is 20.7 Å². The van der Waals surface area contributed by atoms with Crippen molar-refractivity contribution in [1.29, 1.82) is 0 Å². The van der Waals surface area contributed by atoms with E-state index in [1.165, 1.54) is 4.68 Å². The Morgan fingerprint density at radius 2 is 1.81 bits per heavy atom. The molecule has 6 heteroatoms. The largest absolute Gasteiger partial charge is 0.349 e. The molecule has 0 unspecified atom stereocenters. The molecule has 4 rings (SSSR count). The zero-order valence-corrected chi connectivity index (χ0v) is 15.6. The van der Waals surface area contributed by atoms with Gasteiger partial charge in [-0.05, 0) is 30.0 Å². The Kier molecular flexibility index (Phi) is 4.80. The molecule has 134 valence electrons. The van der Waals surface area contributed by atoms with E-state index >= 15 is 0 Å². The Hall–Kier alpha value is -3.25. The summed E-state index contributed by atoms with van der Waals surface area (Å²) in [5, 5.41) is 9.77. The summed E-state index contributed by atoms with van der Waals surface area (Å²) < 4.78 is 1.36. The fraction of sp³-hybridized carbons (Fsp3) is 0.0952. The molecule has 0 saturated heterocycles. The van der Waals surface area contributed by atoms with Crippen molar-refractivity contribution in [2.75, 3.05) is 5.32 Å². The van der Waals surface area contributed by atoms with E-state index in [0.717, 1.165) is 16.0 Å². The van der Waals surface area contributed by atoms with Crippen LogP contribution in [0.5, 0.6) is 0 Å².